The van der Waals surface area contributed by atoms with Gasteiger partial charge in [0.25, 0.3) is 5.91 Å². The molecule has 0 aromatic heterocycles. The fraction of sp³-hybridized carbons (Fsp3) is 0.500. The average Bonchev–Trinajstić information content (AvgIpc) is 2.57. The summed E-state index contributed by atoms with van der Waals surface area (Å²) in [5, 5.41) is 3.29. The molecule has 0 bridgehead atoms. The van der Waals surface area contributed by atoms with Crippen molar-refractivity contribution in [2.45, 2.75) is 19.3 Å². The average molecular weight is 401 g/mol. The first kappa shape index (κ1) is 18.2. The molecule has 1 aromatic rings. The molecule has 1 N–H and O–H groups in total. The van der Waals surface area contributed by atoms with E-state index in [1.807, 2.05) is 11.0 Å². The summed E-state index contributed by atoms with van der Waals surface area (Å²) in [7, 11) is 1.61. The van der Waals surface area contributed by atoms with Gasteiger partial charge in [0.05, 0.1) is 12.2 Å². The number of rotatable bonds is 5. The van der Waals surface area contributed by atoms with Gasteiger partial charge in [0, 0.05) is 24.7 Å². The number of hydrogen-bond donors (Lipinski definition) is 1. The number of piperidine rings is 1. The molecule has 1 fully saturated rings. The van der Waals surface area contributed by atoms with Gasteiger partial charge in [0.2, 0.25) is 0 Å². The van der Waals surface area contributed by atoms with E-state index in [0.717, 1.165) is 30.4 Å². The number of nitrogens with zero attached hydrogens (tertiary/aromatic N) is 1. The molecule has 7 heteroatoms. The van der Waals surface area contributed by atoms with Crippen LogP contribution in [-0.2, 0) is 4.74 Å². The molecular formula is C16H21BrN2O3S. The minimum Gasteiger partial charge on any atom is -0.490 e. The monoisotopic (exact) mass is 400 g/mol. The summed E-state index contributed by atoms with van der Waals surface area (Å²) >= 11 is 8.74. The van der Waals surface area contributed by atoms with E-state index in [2.05, 4.69) is 21.2 Å². The first-order valence-electron chi connectivity index (χ1n) is 7.63. The molecule has 0 spiro atoms. The van der Waals surface area contributed by atoms with Gasteiger partial charge in [-0.3, -0.25) is 10.1 Å². The highest BCUT2D eigenvalue weighted by Gasteiger charge is 2.19. The van der Waals surface area contributed by atoms with Gasteiger partial charge in [-0.2, -0.15) is 0 Å². The SMILES string of the molecule is COCCOc1ccc(Br)cc1C(=O)NC(=S)N1CCCCC1. The first-order chi connectivity index (χ1) is 11.1. The summed E-state index contributed by atoms with van der Waals surface area (Å²) in [6.45, 7) is 2.64. The Morgan fingerprint density at radius 1 is 1.30 bits per heavy atom. The molecule has 0 radical (unpaired) electrons. The molecule has 1 aliphatic rings. The number of halogens is 1. The van der Waals surface area contributed by atoms with Crippen molar-refractivity contribution in [2.24, 2.45) is 0 Å². The van der Waals surface area contributed by atoms with Crippen LogP contribution in [0.4, 0.5) is 0 Å². The second kappa shape index (κ2) is 9.20. The molecule has 1 aliphatic heterocycles. The molecule has 1 heterocycles. The van der Waals surface area contributed by atoms with Crippen molar-refractivity contribution in [3.63, 3.8) is 0 Å². The Hall–Kier alpha value is -1.18. The van der Waals surface area contributed by atoms with E-state index in [-0.39, 0.29) is 5.91 Å². The van der Waals surface area contributed by atoms with E-state index in [1.165, 1.54) is 6.42 Å². The maximum Gasteiger partial charge on any atom is 0.261 e. The zero-order valence-corrected chi connectivity index (χ0v) is 15.5. The van der Waals surface area contributed by atoms with Crippen LogP contribution < -0.4 is 10.1 Å². The Morgan fingerprint density at radius 3 is 2.74 bits per heavy atom. The maximum absolute atomic E-state index is 12.5. The van der Waals surface area contributed by atoms with Crippen molar-refractivity contribution in [2.75, 3.05) is 33.4 Å². The number of likely N-dealkylation sites (tertiary alicyclic amines) is 1. The van der Waals surface area contributed by atoms with Gasteiger partial charge in [-0.25, -0.2) is 0 Å². The van der Waals surface area contributed by atoms with Crippen molar-refractivity contribution in [1.29, 1.82) is 0 Å². The summed E-state index contributed by atoms with van der Waals surface area (Å²) in [6.07, 6.45) is 3.44. The molecule has 0 aliphatic carbocycles. The number of carbonyl (C=O) groups excluding carboxylic acids is 1. The summed E-state index contributed by atoms with van der Waals surface area (Å²) in [5.74, 6) is 0.262. The van der Waals surface area contributed by atoms with Gasteiger partial charge in [-0.1, -0.05) is 15.9 Å². The third-order valence-corrected chi connectivity index (χ3v) is 4.45. The van der Waals surface area contributed by atoms with Gasteiger partial charge < -0.3 is 14.4 Å². The lowest BCUT2D eigenvalue weighted by atomic mass is 10.1. The van der Waals surface area contributed by atoms with Crippen LogP contribution in [0.5, 0.6) is 5.75 Å². The van der Waals surface area contributed by atoms with E-state index < -0.39 is 0 Å². The summed E-state index contributed by atoms with van der Waals surface area (Å²) < 4.78 is 11.4. The van der Waals surface area contributed by atoms with Crippen molar-refractivity contribution >= 4 is 39.2 Å². The fourth-order valence-electron chi connectivity index (χ4n) is 2.38. The predicted octanol–water partition coefficient (Wildman–Crippen LogP) is 2.97. The van der Waals surface area contributed by atoms with Crippen LogP contribution in [0.2, 0.25) is 0 Å². The van der Waals surface area contributed by atoms with Crippen LogP contribution in [-0.4, -0.2) is 49.3 Å². The second-order valence-electron chi connectivity index (χ2n) is 5.29. The molecule has 5 nitrogen and oxygen atoms in total. The van der Waals surface area contributed by atoms with Crippen LogP contribution in [0.15, 0.2) is 22.7 Å². The van der Waals surface area contributed by atoms with E-state index in [0.29, 0.717) is 29.6 Å². The quantitative estimate of drug-likeness (QED) is 0.608. The highest BCUT2D eigenvalue weighted by Crippen LogP contribution is 2.23. The molecule has 1 aromatic carbocycles. The Morgan fingerprint density at radius 2 is 2.04 bits per heavy atom. The molecule has 0 atom stereocenters. The summed E-state index contributed by atoms with van der Waals surface area (Å²) in [5.41, 5.74) is 0.454. The summed E-state index contributed by atoms with van der Waals surface area (Å²) in [4.78, 5) is 14.6. The van der Waals surface area contributed by atoms with Crippen LogP contribution >= 0.6 is 28.1 Å². The number of methoxy groups -OCH3 is 1. The normalized spacial score (nSPS) is 14.4. The van der Waals surface area contributed by atoms with E-state index in [9.17, 15) is 4.79 Å². The zero-order valence-electron chi connectivity index (χ0n) is 13.1. The number of ether oxygens (including phenoxy) is 2. The maximum atomic E-state index is 12.5. The number of benzene rings is 1. The van der Waals surface area contributed by atoms with Crippen LogP contribution in [0.3, 0.4) is 0 Å². The molecule has 2 rings (SSSR count). The highest BCUT2D eigenvalue weighted by atomic mass is 79.9. The Kier molecular flexibility index (Phi) is 7.26. The number of amides is 1. The van der Waals surface area contributed by atoms with Gasteiger partial charge in [0.1, 0.15) is 12.4 Å². The molecule has 126 valence electrons. The Balaban J connectivity index is 2.04. The lowest BCUT2D eigenvalue weighted by Gasteiger charge is -2.29. The topological polar surface area (TPSA) is 50.8 Å². The lowest BCUT2D eigenvalue weighted by Crippen LogP contribution is -2.45. The number of nitrogens with one attached hydrogen (secondary N) is 1. The van der Waals surface area contributed by atoms with Crippen molar-refractivity contribution in [3.05, 3.63) is 28.2 Å². The molecule has 0 unspecified atom stereocenters. The van der Waals surface area contributed by atoms with Gasteiger partial charge >= 0.3 is 0 Å². The Bertz CT molecular complexity index is 562. The number of thiocarbonyl (C=S) groups is 1. The van der Waals surface area contributed by atoms with Crippen molar-refractivity contribution in [3.8, 4) is 5.75 Å². The largest absolute Gasteiger partial charge is 0.490 e. The van der Waals surface area contributed by atoms with E-state index >= 15 is 0 Å². The third-order valence-electron chi connectivity index (χ3n) is 3.59. The van der Waals surface area contributed by atoms with Crippen molar-refractivity contribution in [1.82, 2.24) is 10.2 Å². The van der Waals surface area contributed by atoms with Crippen molar-refractivity contribution < 1.29 is 14.3 Å². The standard InChI is InChI=1S/C16H21BrN2O3S/c1-21-9-10-22-14-6-5-12(17)11-13(14)15(20)18-16(23)19-7-3-2-4-8-19/h5-6,11H,2-4,7-10H2,1H3,(H,18,20,23). The smallest absolute Gasteiger partial charge is 0.261 e. The minimum atomic E-state index is -0.255. The molecule has 1 saturated heterocycles. The highest BCUT2D eigenvalue weighted by molar-refractivity contribution is 9.10. The predicted molar refractivity (Wildman–Crippen MR) is 97.0 cm³/mol. The third kappa shape index (κ3) is 5.44. The van der Waals surface area contributed by atoms with Crippen LogP contribution in [0.1, 0.15) is 29.6 Å². The number of hydrogen-bond acceptors (Lipinski definition) is 4. The van der Waals surface area contributed by atoms with Crippen LogP contribution in [0.25, 0.3) is 0 Å². The fourth-order valence-corrected chi connectivity index (χ4v) is 3.02. The minimum absolute atomic E-state index is 0.255. The van der Waals surface area contributed by atoms with E-state index in [1.54, 1.807) is 19.2 Å². The molecular weight excluding hydrogens is 380 g/mol. The summed E-state index contributed by atoms with van der Waals surface area (Å²) in [6, 6.07) is 5.33. The number of carbonyl (C=O) groups is 1. The van der Waals surface area contributed by atoms with Crippen LogP contribution in [0, 0.1) is 0 Å². The van der Waals surface area contributed by atoms with Gasteiger partial charge in [0.15, 0.2) is 5.11 Å². The molecule has 23 heavy (non-hydrogen) atoms. The second-order valence-corrected chi connectivity index (χ2v) is 6.59. The first-order valence-corrected chi connectivity index (χ1v) is 8.83. The van der Waals surface area contributed by atoms with Gasteiger partial charge in [-0.15, -0.1) is 0 Å². The van der Waals surface area contributed by atoms with Gasteiger partial charge in [-0.05, 0) is 49.7 Å². The lowest BCUT2D eigenvalue weighted by molar-refractivity contribution is 0.0964. The molecule has 0 saturated carbocycles. The molecule has 1 amide bonds. The zero-order chi connectivity index (χ0) is 16.7. The Labute approximate surface area is 150 Å². The van der Waals surface area contributed by atoms with E-state index in [4.69, 9.17) is 21.7 Å².